The maximum absolute atomic E-state index is 2.52. The molecular formula is C61H66N2. The fraction of sp³-hybridized carbons (Fsp3) is 0.279. The van der Waals surface area contributed by atoms with Gasteiger partial charge < -0.3 is 9.80 Å². The Bertz CT molecular complexity index is 2760. The molecule has 0 saturated carbocycles. The highest BCUT2D eigenvalue weighted by Gasteiger charge is 2.28. The lowest BCUT2D eigenvalue weighted by Gasteiger charge is -2.34. The Kier molecular flexibility index (Phi) is 11.2. The molecule has 0 N–H and O–H groups in total. The van der Waals surface area contributed by atoms with Crippen molar-refractivity contribution in [2.75, 3.05) is 9.80 Å². The second-order valence-corrected chi connectivity index (χ2v) is 21.7. The predicted octanol–water partition coefficient (Wildman–Crippen LogP) is 18.1. The summed E-state index contributed by atoms with van der Waals surface area (Å²) < 4.78 is 0. The number of nitrogens with zero attached hydrogens (tertiary/aromatic N) is 2. The van der Waals surface area contributed by atoms with Crippen molar-refractivity contribution in [2.45, 2.75) is 112 Å². The third-order valence-corrected chi connectivity index (χ3v) is 12.7. The Hall–Kier alpha value is -6.12. The second kappa shape index (κ2) is 16.2. The van der Waals surface area contributed by atoms with E-state index in [0.29, 0.717) is 0 Å². The summed E-state index contributed by atoms with van der Waals surface area (Å²) in [5, 5.41) is 4.76. The maximum atomic E-state index is 2.52. The van der Waals surface area contributed by atoms with Crippen LogP contribution in [0.25, 0.3) is 32.7 Å². The van der Waals surface area contributed by atoms with Gasteiger partial charge in [0.2, 0.25) is 0 Å². The van der Waals surface area contributed by atoms with E-state index in [-0.39, 0.29) is 21.7 Å². The molecule has 0 atom stereocenters. The first-order chi connectivity index (χ1) is 29.7. The first kappa shape index (κ1) is 43.5. The van der Waals surface area contributed by atoms with Crippen molar-refractivity contribution in [1.82, 2.24) is 0 Å². The topological polar surface area (TPSA) is 6.48 Å². The van der Waals surface area contributed by atoms with Crippen LogP contribution in [0, 0.1) is 6.92 Å². The highest BCUT2D eigenvalue weighted by Crippen LogP contribution is 2.52. The van der Waals surface area contributed by atoms with E-state index in [1.54, 1.807) is 0 Å². The minimum absolute atomic E-state index is 0.0279. The van der Waals surface area contributed by atoms with Gasteiger partial charge in [0.1, 0.15) is 0 Å². The number of anilines is 6. The van der Waals surface area contributed by atoms with Crippen LogP contribution in [0.3, 0.4) is 0 Å². The lowest BCUT2D eigenvalue weighted by molar-refractivity contribution is 0.590. The summed E-state index contributed by atoms with van der Waals surface area (Å²) in [4.78, 5) is 5.02. The fourth-order valence-corrected chi connectivity index (χ4v) is 8.85. The summed E-state index contributed by atoms with van der Waals surface area (Å²) in [5.41, 5.74) is 15.8. The van der Waals surface area contributed by atoms with Crippen LogP contribution in [0.4, 0.5) is 34.1 Å². The Labute approximate surface area is 378 Å². The molecule has 2 nitrogen and oxygen atoms in total. The summed E-state index contributed by atoms with van der Waals surface area (Å²) >= 11 is 0. The SMILES string of the molecule is Cc1ccc2c(N(c3ccc(C(C)(C)C)cc3)c3ccc(C(C)(C)C)cc3)c3ccc(-c4ccccc4)cc3c(N(c3ccc(C(C)(C)C)cc3)c3ccc(C(C)(C)C)cc3)c2c1. The molecule has 8 rings (SSSR count). The van der Waals surface area contributed by atoms with Crippen molar-refractivity contribution < 1.29 is 0 Å². The Morgan fingerprint density at radius 2 is 0.603 bits per heavy atom. The van der Waals surface area contributed by atoms with Crippen molar-refractivity contribution in [3.8, 4) is 11.1 Å². The van der Waals surface area contributed by atoms with Gasteiger partial charge in [-0.15, -0.1) is 0 Å². The molecule has 320 valence electrons. The number of fused-ring (bicyclic) bond motifs is 2. The second-order valence-electron chi connectivity index (χ2n) is 21.7. The van der Waals surface area contributed by atoms with Gasteiger partial charge >= 0.3 is 0 Å². The van der Waals surface area contributed by atoms with Gasteiger partial charge in [0.05, 0.1) is 11.4 Å². The smallest absolute Gasteiger partial charge is 0.0620 e. The highest BCUT2D eigenvalue weighted by molar-refractivity contribution is 6.24. The van der Waals surface area contributed by atoms with Crippen LogP contribution < -0.4 is 9.80 Å². The summed E-state index contributed by atoms with van der Waals surface area (Å²) in [7, 11) is 0. The predicted molar refractivity (Wildman–Crippen MR) is 276 cm³/mol. The molecule has 0 aromatic heterocycles. The van der Waals surface area contributed by atoms with Crippen LogP contribution in [-0.2, 0) is 21.7 Å². The van der Waals surface area contributed by atoms with E-state index < -0.39 is 0 Å². The molecule has 0 fully saturated rings. The number of hydrogen-bond acceptors (Lipinski definition) is 2. The fourth-order valence-electron chi connectivity index (χ4n) is 8.85. The largest absolute Gasteiger partial charge is 0.309 e. The average molecular weight is 827 g/mol. The van der Waals surface area contributed by atoms with E-state index in [4.69, 9.17) is 0 Å². The molecule has 8 aromatic carbocycles. The van der Waals surface area contributed by atoms with Gasteiger partial charge in [0.15, 0.2) is 0 Å². The Morgan fingerprint density at radius 1 is 0.286 bits per heavy atom. The van der Waals surface area contributed by atoms with Gasteiger partial charge in [-0.05, 0) is 123 Å². The average Bonchev–Trinajstić information content (AvgIpc) is 3.24. The van der Waals surface area contributed by atoms with E-state index in [1.165, 1.54) is 71.9 Å². The molecule has 2 heteroatoms. The van der Waals surface area contributed by atoms with E-state index >= 15 is 0 Å². The molecule has 0 heterocycles. The monoisotopic (exact) mass is 827 g/mol. The number of benzene rings is 8. The maximum Gasteiger partial charge on any atom is 0.0620 e. The van der Waals surface area contributed by atoms with Crippen LogP contribution in [0.15, 0.2) is 164 Å². The van der Waals surface area contributed by atoms with E-state index in [0.717, 1.165) is 22.7 Å². The van der Waals surface area contributed by atoms with E-state index in [9.17, 15) is 0 Å². The van der Waals surface area contributed by atoms with Crippen LogP contribution in [0.5, 0.6) is 0 Å². The highest BCUT2D eigenvalue weighted by atomic mass is 15.2. The zero-order valence-corrected chi connectivity index (χ0v) is 40.0. The molecule has 0 aliphatic heterocycles. The lowest BCUT2D eigenvalue weighted by atomic mass is 9.86. The lowest BCUT2D eigenvalue weighted by Crippen LogP contribution is -2.17. The van der Waals surface area contributed by atoms with Crippen LogP contribution in [0.2, 0.25) is 0 Å². The minimum Gasteiger partial charge on any atom is -0.309 e. The molecular weight excluding hydrogens is 761 g/mol. The molecule has 8 aromatic rings. The minimum atomic E-state index is 0.0279. The Balaban J connectivity index is 1.52. The van der Waals surface area contributed by atoms with Gasteiger partial charge in [-0.2, -0.15) is 0 Å². The van der Waals surface area contributed by atoms with Crippen molar-refractivity contribution in [3.63, 3.8) is 0 Å². The number of rotatable bonds is 7. The molecule has 0 saturated heterocycles. The van der Waals surface area contributed by atoms with Gasteiger partial charge in [0.25, 0.3) is 0 Å². The molecule has 0 radical (unpaired) electrons. The van der Waals surface area contributed by atoms with Crippen LogP contribution in [0.1, 0.15) is 111 Å². The van der Waals surface area contributed by atoms with Crippen molar-refractivity contribution in [3.05, 3.63) is 192 Å². The normalized spacial score (nSPS) is 12.5. The summed E-state index contributed by atoms with van der Waals surface area (Å²) in [6.07, 6.45) is 0. The first-order valence-corrected chi connectivity index (χ1v) is 22.8. The van der Waals surface area contributed by atoms with Gasteiger partial charge in [0, 0.05) is 44.3 Å². The van der Waals surface area contributed by atoms with E-state index in [2.05, 4.69) is 264 Å². The van der Waals surface area contributed by atoms with Gasteiger partial charge in [-0.3, -0.25) is 0 Å². The van der Waals surface area contributed by atoms with Crippen LogP contribution in [-0.4, -0.2) is 0 Å². The van der Waals surface area contributed by atoms with Crippen LogP contribution >= 0.6 is 0 Å². The molecule has 63 heavy (non-hydrogen) atoms. The zero-order valence-electron chi connectivity index (χ0n) is 40.0. The summed E-state index contributed by atoms with van der Waals surface area (Å²) in [6, 6.07) is 62.1. The first-order valence-electron chi connectivity index (χ1n) is 22.8. The standard InChI is InChI=1S/C61H66N2/c1-41-19-37-52-54(39-41)57(63(50-33-25-46(26-34-50)60(8,9)10)51-35-27-47(28-36-51)61(11,12)13)55-40-43(42-17-15-14-16-18-42)20-38-53(55)56(52)62(48-29-21-44(22-30-48)58(2,3)4)49-31-23-45(24-32-49)59(5,6)7/h14-40H,1-13H3. The third-order valence-electron chi connectivity index (χ3n) is 12.7. The van der Waals surface area contributed by atoms with Crippen molar-refractivity contribution in [1.29, 1.82) is 0 Å². The Morgan fingerprint density at radius 3 is 0.952 bits per heavy atom. The quantitative estimate of drug-likeness (QED) is 0.117. The van der Waals surface area contributed by atoms with Gasteiger partial charge in [-0.25, -0.2) is 0 Å². The van der Waals surface area contributed by atoms with Crippen molar-refractivity contribution >= 4 is 55.7 Å². The number of aryl methyl sites for hydroxylation is 1. The zero-order chi connectivity index (χ0) is 45.1. The van der Waals surface area contributed by atoms with Crippen molar-refractivity contribution in [2.24, 2.45) is 0 Å². The molecule has 0 amide bonds. The third kappa shape index (κ3) is 8.79. The molecule has 0 bridgehead atoms. The summed E-state index contributed by atoms with van der Waals surface area (Å²) in [6.45, 7) is 29.7. The summed E-state index contributed by atoms with van der Waals surface area (Å²) in [5.74, 6) is 0. The van der Waals surface area contributed by atoms with E-state index in [1.807, 2.05) is 0 Å². The number of hydrogen-bond donors (Lipinski definition) is 0. The van der Waals surface area contributed by atoms with Gasteiger partial charge in [-0.1, -0.05) is 192 Å². The molecule has 0 aliphatic carbocycles. The molecule has 0 aliphatic rings. The molecule has 0 spiro atoms. The molecule has 0 unspecified atom stereocenters.